The minimum absolute atomic E-state index is 0.0869. The van der Waals surface area contributed by atoms with Crippen molar-refractivity contribution in [2.24, 2.45) is 5.41 Å². The van der Waals surface area contributed by atoms with Crippen LogP contribution in [-0.4, -0.2) is 27.7 Å². The molecule has 0 radical (unpaired) electrons. The maximum absolute atomic E-state index is 12.0. The van der Waals surface area contributed by atoms with E-state index < -0.39 is 28.5 Å². The summed E-state index contributed by atoms with van der Waals surface area (Å²) in [5, 5.41) is 0. The van der Waals surface area contributed by atoms with Crippen molar-refractivity contribution < 1.29 is 14.3 Å². The number of nitrogens with one attached hydrogen (secondary N) is 1. The summed E-state index contributed by atoms with van der Waals surface area (Å²) < 4.78 is 12.5. The molecule has 25 heavy (non-hydrogen) atoms. The Bertz CT molecular complexity index is 831. The van der Waals surface area contributed by atoms with Crippen molar-refractivity contribution in [2.75, 3.05) is 6.61 Å². The van der Waals surface area contributed by atoms with Crippen LogP contribution in [0, 0.1) is 12.3 Å². The van der Waals surface area contributed by atoms with Gasteiger partial charge in [-0.05, 0) is 45.9 Å². The Morgan fingerprint density at radius 3 is 2.76 bits per heavy atom. The van der Waals surface area contributed by atoms with E-state index in [9.17, 15) is 14.4 Å². The average Bonchev–Trinajstić information content (AvgIpc) is 2.92. The van der Waals surface area contributed by atoms with E-state index in [-0.39, 0.29) is 12.6 Å². The molecule has 136 valence electrons. The first-order chi connectivity index (χ1) is 11.6. The zero-order chi connectivity index (χ0) is 18.8. The summed E-state index contributed by atoms with van der Waals surface area (Å²) in [6.45, 7) is 6.74. The van der Waals surface area contributed by atoms with E-state index in [2.05, 4.69) is 4.98 Å². The number of aromatic nitrogens is 2. The molecule has 1 aromatic rings. The molecule has 2 rings (SSSR count). The molecule has 1 aliphatic heterocycles. The van der Waals surface area contributed by atoms with Crippen molar-refractivity contribution >= 4 is 17.6 Å². The van der Waals surface area contributed by atoms with Gasteiger partial charge in [0.05, 0.1) is 5.41 Å². The van der Waals surface area contributed by atoms with E-state index in [4.69, 9.17) is 21.1 Å². The Balaban J connectivity index is 2.23. The highest BCUT2D eigenvalue weighted by Gasteiger charge is 2.37. The second kappa shape index (κ2) is 7.01. The Hall–Kier alpha value is -2.12. The van der Waals surface area contributed by atoms with Crippen molar-refractivity contribution in [3.05, 3.63) is 56.4 Å². The van der Waals surface area contributed by atoms with Crippen molar-refractivity contribution in [3.8, 4) is 0 Å². The third kappa shape index (κ3) is 4.29. The lowest BCUT2D eigenvalue weighted by Gasteiger charge is -2.27. The minimum Gasteiger partial charge on any atom is -0.461 e. The zero-order valence-corrected chi connectivity index (χ0v) is 15.3. The second-order valence-corrected chi connectivity index (χ2v) is 7.17. The van der Waals surface area contributed by atoms with Gasteiger partial charge in [0.2, 0.25) is 0 Å². The van der Waals surface area contributed by atoms with Crippen LogP contribution in [0.1, 0.15) is 32.6 Å². The molecule has 1 aliphatic rings. The summed E-state index contributed by atoms with van der Waals surface area (Å²) in [4.78, 5) is 37.7. The molecule has 0 aromatic carbocycles. The molecule has 1 aromatic heterocycles. The van der Waals surface area contributed by atoms with Gasteiger partial charge in [-0.15, -0.1) is 0 Å². The summed E-state index contributed by atoms with van der Waals surface area (Å²) in [5.41, 5.74) is -1.14. The van der Waals surface area contributed by atoms with Gasteiger partial charge in [0.25, 0.3) is 5.56 Å². The smallest absolute Gasteiger partial charge is 0.330 e. The Labute approximate surface area is 149 Å². The van der Waals surface area contributed by atoms with Crippen LogP contribution >= 0.6 is 11.6 Å². The van der Waals surface area contributed by atoms with Gasteiger partial charge in [-0.2, -0.15) is 0 Å². The number of nitrogens with zero attached hydrogens (tertiary/aromatic N) is 1. The molecular weight excluding hydrogens is 348 g/mol. The van der Waals surface area contributed by atoms with Crippen LogP contribution in [0.5, 0.6) is 0 Å². The van der Waals surface area contributed by atoms with Gasteiger partial charge < -0.3 is 9.47 Å². The second-order valence-electron chi connectivity index (χ2n) is 6.92. The number of esters is 1. The molecule has 7 nitrogen and oxygen atoms in total. The molecule has 2 atom stereocenters. The summed E-state index contributed by atoms with van der Waals surface area (Å²) >= 11 is 5.70. The number of carbonyl (C=O) groups excluding carboxylic acids is 1. The molecule has 1 N–H and O–H groups in total. The Morgan fingerprint density at radius 2 is 2.16 bits per heavy atom. The fraction of sp³-hybridized carbons (Fsp3) is 0.471. The molecular formula is C17H21ClN2O5. The van der Waals surface area contributed by atoms with Crippen molar-refractivity contribution in [1.82, 2.24) is 9.55 Å². The van der Waals surface area contributed by atoms with Crippen LogP contribution in [0.15, 0.2) is 39.5 Å². The Kier molecular flexibility index (Phi) is 5.39. The van der Waals surface area contributed by atoms with Crippen molar-refractivity contribution in [3.63, 3.8) is 0 Å². The fourth-order valence-electron chi connectivity index (χ4n) is 2.20. The van der Waals surface area contributed by atoms with E-state index in [1.807, 2.05) is 0 Å². The third-order valence-corrected chi connectivity index (χ3v) is 3.82. The monoisotopic (exact) mass is 368 g/mol. The summed E-state index contributed by atoms with van der Waals surface area (Å²) in [6.07, 6.45) is 5.49. The van der Waals surface area contributed by atoms with Crippen LogP contribution in [0.4, 0.5) is 0 Å². The van der Waals surface area contributed by atoms with E-state index in [0.29, 0.717) is 5.56 Å². The highest BCUT2D eigenvalue weighted by atomic mass is 35.5. The molecule has 0 spiro atoms. The number of rotatable bonds is 4. The third-order valence-electron chi connectivity index (χ3n) is 3.69. The van der Waals surface area contributed by atoms with Gasteiger partial charge in [0.15, 0.2) is 6.23 Å². The van der Waals surface area contributed by atoms with Gasteiger partial charge in [-0.1, -0.05) is 11.6 Å². The molecule has 0 saturated carbocycles. The molecule has 0 unspecified atom stereocenters. The highest BCUT2D eigenvalue weighted by molar-refractivity contribution is 6.25. The van der Waals surface area contributed by atoms with Crippen LogP contribution < -0.4 is 11.2 Å². The number of aryl methyl sites for hydroxylation is 1. The molecule has 0 amide bonds. The molecule has 2 heterocycles. The number of aromatic amines is 1. The highest BCUT2D eigenvalue weighted by Crippen LogP contribution is 2.31. The molecule has 0 fully saturated rings. The van der Waals surface area contributed by atoms with Crippen molar-refractivity contribution in [1.29, 1.82) is 0 Å². The van der Waals surface area contributed by atoms with E-state index in [1.54, 1.807) is 39.8 Å². The lowest BCUT2D eigenvalue weighted by molar-refractivity contribution is -0.160. The summed E-state index contributed by atoms with van der Waals surface area (Å²) in [7, 11) is 0. The largest absolute Gasteiger partial charge is 0.461 e. The van der Waals surface area contributed by atoms with Crippen molar-refractivity contribution in [2.45, 2.75) is 39.5 Å². The number of halogens is 1. The number of hydrogen-bond acceptors (Lipinski definition) is 5. The molecule has 8 heteroatoms. The number of H-pyrrole nitrogens is 1. The minimum atomic E-state index is -1.09. The average molecular weight is 369 g/mol. The van der Waals surface area contributed by atoms with E-state index in [0.717, 1.165) is 0 Å². The SMILES string of the molecule is Cc1cn([C@H]2C=C[C@@](/C=C\Cl)(COC(=O)C(C)(C)C)O2)c(=O)[nH]c1=O. The number of ether oxygens (including phenoxy) is 2. The van der Waals surface area contributed by atoms with Gasteiger partial charge in [0.1, 0.15) is 12.2 Å². The van der Waals surface area contributed by atoms with Crippen LogP contribution in [0.2, 0.25) is 0 Å². The predicted molar refractivity (Wildman–Crippen MR) is 93.5 cm³/mol. The fourth-order valence-corrected chi connectivity index (χ4v) is 2.41. The molecule has 0 saturated heterocycles. The number of carbonyl (C=O) groups is 1. The molecule has 0 bridgehead atoms. The van der Waals surface area contributed by atoms with Gasteiger partial charge in [-0.3, -0.25) is 19.1 Å². The van der Waals surface area contributed by atoms with Gasteiger partial charge >= 0.3 is 11.7 Å². The maximum atomic E-state index is 12.0. The van der Waals surface area contributed by atoms with Crippen LogP contribution in [-0.2, 0) is 14.3 Å². The quantitative estimate of drug-likeness (QED) is 0.648. The standard InChI is InChI=1S/C17H21ClN2O5/c1-11-9-20(15(23)19-13(11)21)12-5-6-17(25-12,7-8-18)10-24-14(22)16(2,3)4/h5-9,12H,10H2,1-4H3,(H,19,21,23)/b8-7-/t12-,17-/m1/s1. The topological polar surface area (TPSA) is 90.4 Å². The normalized spacial score (nSPS) is 23.3. The predicted octanol–water partition coefficient (Wildman–Crippen LogP) is 2.01. The van der Waals surface area contributed by atoms with Gasteiger partial charge in [-0.25, -0.2) is 4.79 Å². The first kappa shape index (κ1) is 19.2. The van der Waals surface area contributed by atoms with Gasteiger partial charge in [0, 0.05) is 17.3 Å². The van der Waals surface area contributed by atoms with E-state index >= 15 is 0 Å². The van der Waals surface area contributed by atoms with Crippen LogP contribution in [0.25, 0.3) is 0 Å². The summed E-state index contributed by atoms with van der Waals surface area (Å²) in [5.74, 6) is -0.382. The summed E-state index contributed by atoms with van der Waals surface area (Å²) in [6, 6.07) is 0. The lowest BCUT2D eigenvalue weighted by atomic mass is 9.97. The molecule has 0 aliphatic carbocycles. The Morgan fingerprint density at radius 1 is 1.48 bits per heavy atom. The maximum Gasteiger partial charge on any atom is 0.330 e. The first-order valence-electron chi connectivity index (χ1n) is 7.72. The van der Waals surface area contributed by atoms with Crippen LogP contribution in [0.3, 0.4) is 0 Å². The number of hydrogen-bond donors (Lipinski definition) is 1. The zero-order valence-electron chi connectivity index (χ0n) is 14.5. The van der Waals surface area contributed by atoms with E-state index in [1.165, 1.54) is 22.4 Å². The first-order valence-corrected chi connectivity index (χ1v) is 8.16. The lowest BCUT2D eigenvalue weighted by Crippen LogP contribution is -2.38.